The number of anilines is 1. The van der Waals surface area contributed by atoms with Crippen molar-refractivity contribution in [3.8, 4) is 5.75 Å². The molecule has 0 radical (unpaired) electrons. The zero-order chi connectivity index (χ0) is 17.1. The number of halogens is 1. The number of aryl methyl sites for hydroxylation is 1. The summed E-state index contributed by atoms with van der Waals surface area (Å²) in [4.78, 5) is 26.4. The average Bonchev–Trinajstić information content (AvgIpc) is 2.91. The topological polar surface area (TPSA) is 58.6 Å². The Morgan fingerprint density at radius 1 is 1.52 bits per heavy atom. The summed E-state index contributed by atoms with van der Waals surface area (Å²) in [6.45, 7) is 6.37. The zero-order valence-corrected chi connectivity index (χ0v) is 14.7. The molecule has 0 saturated carbocycles. The smallest absolute Gasteiger partial charge is 0.229 e. The molecule has 0 aromatic heterocycles. The lowest BCUT2D eigenvalue weighted by molar-refractivity contribution is -0.129. The summed E-state index contributed by atoms with van der Waals surface area (Å²) in [6, 6.07) is 3.62. The van der Waals surface area contributed by atoms with Crippen molar-refractivity contribution < 1.29 is 14.3 Å². The Morgan fingerprint density at radius 3 is 2.83 bits per heavy atom. The van der Waals surface area contributed by atoms with Gasteiger partial charge >= 0.3 is 0 Å². The molecule has 2 unspecified atom stereocenters. The Morgan fingerprint density at radius 2 is 2.22 bits per heavy atom. The van der Waals surface area contributed by atoms with Crippen LogP contribution >= 0.6 is 11.6 Å². The van der Waals surface area contributed by atoms with Crippen LogP contribution in [0.15, 0.2) is 12.1 Å². The molecule has 2 amide bonds. The second kappa shape index (κ2) is 7.21. The van der Waals surface area contributed by atoms with E-state index in [0.29, 0.717) is 23.0 Å². The number of benzene rings is 1. The molecule has 0 spiro atoms. The monoisotopic (exact) mass is 338 g/mol. The summed E-state index contributed by atoms with van der Waals surface area (Å²) in [5.41, 5.74) is 1.43. The van der Waals surface area contributed by atoms with Crippen molar-refractivity contribution in [2.24, 2.45) is 5.92 Å². The van der Waals surface area contributed by atoms with Gasteiger partial charge in [-0.15, -0.1) is 0 Å². The van der Waals surface area contributed by atoms with E-state index in [4.69, 9.17) is 16.3 Å². The van der Waals surface area contributed by atoms with Crippen molar-refractivity contribution in [2.75, 3.05) is 19.0 Å². The van der Waals surface area contributed by atoms with E-state index in [1.54, 1.807) is 17.0 Å². The second-order valence-corrected chi connectivity index (χ2v) is 6.40. The van der Waals surface area contributed by atoms with Gasteiger partial charge in [0.1, 0.15) is 5.75 Å². The summed E-state index contributed by atoms with van der Waals surface area (Å²) < 4.78 is 5.27. The summed E-state index contributed by atoms with van der Waals surface area (Å²) in [5, 5.41) is 3.45. The molecular weight excluding hydrogens is 316 g/mol. The predicted molar refractivity (Wildman–Crippen MR) is 90.9 cm³/mol. The predicted octanol–water partition coefficient (Wildman–Crippen LogP) is 3.24. The first-order valence-corrected chi connectivity index (χ1v) is 8.19. The summed E-state index contributed by atoms with van der Waals surface area (Å²) in [5.74, 6) is 0.0529. The van der Waals surface area contributed by atoms with Gasteiger partial charge in [-0.3, -0.25) is 9.59 Å². The van der Waals surface area contributed by atoms with Crippen LogP contribution in [-0.2, 0) is 9.59 Å². The fraction of sp³-hybridized carbons (Fsp3) is 0.529. The van der Waals surface area contributed by atoms with Crippen LogP contribution in [0.4, 0.5) is 5.69 Å². The molecule has 1 saturated heterocycles. The van der Waals surface area contributed by atoms with Crippen molar-refractivity contribution in [2.45, 2.75) is 39.7 Å². The van der Waals surface area contributed by atoms with E-state index in [1.165, 1.54) is 7.11 Å². The number of nitrogens with zero attached hydrogens (tertiary/aromatic N) is 1. The first-order valence-electron chi connectivity index (χ1n) is 7.81. The SMILES string of the molecule is CCC(C)N1CC(C(=O)Nc2cc(C)c(Cl)cc2OC)CC1=O. The van der Waals surface area contributed by atoms with E-state index >= 15 is 0 Å². The molecule has 1 aliphatic heterocycles. The number of likely N-dealkylation sites (tertiary alicyclic amines) is 1. The molecule has 2 rings (SSSR count). The first kappa shape index (κ1) is 17.6. The standard InChI is InChI=1S/C17H23ClN2O3/c1-5-11(3)20-9-12(7-16(20)21)17(22)19-14-6-10(2)13(18)8-15(14)23-4/h6,8,11-12H,5,7,9H2,1-4H3,(H,19,22). The van der Waals surface area contributed by atoms with E-state index in [1.807, 2.05) is 20.8 Å². The highest BCUT2D eigenvalue weighted by molar-refractivity contribution is 6.31. The van der Waals surface area contributed by atoms with Gasteiger partial charge in [-0.1, -0.05) is 18.5 Å². The van der Waals surface area contributed by atoms with Gasteiger partial charge < -0.3 is 15.0 Å². The number of nitrogens with one attached hydrogen (secondary N) is 1. The number of methoxy groups -OCH3 is 1. The third-order valence-corrected chi connectivity index (χ3v) is 4.80. The fourth-order valence-corrected chi connectivity index (χ4v) is 2.87. The number of ether oxygens (including phenoxy) is 1. The maximum Gasteiger partial charge on any atom is 0.229 e. The minimum Gasteiger partial charge on any atom is -0.495 e. The number of carbonyl (C=O) groups excluding carboxylic acids is 2. The van der Waals surface area contributed by atoms with Crippen molar-refractivity contribution in [1.82, 2.24) is 4.90 Å². The van der Waals surface area contributed by atoms with E-state index in [9.17, 15) is 9.59 Å². The Kier molecular flexibility index (Phi) is 5.52. The minimum absolute atomic E-state index is 0.0405. The lowest BCUT2D eigenvalue weighted by Crippen LogP contribution is -2.35. The Labute approximate surface area is 141 Å². The highest BCUT2D eigenvalue weighted by Crippen LogP contribution is 2.32. The summed E-state index contributed by atoms with van der Waals surface area (Å²) in [7, 11) is 1.53. The van der Waals surface area contributed by atoms with E-state index in [-0.39, 0.29) is 30.2 Å². The maximum absolute atomic E-state index is 12.5. The Balaban J connectivity index is 2.11. The number of hydrogen-bond donors (Lipinski definition) is 1. The molecule has 2 atom stereocenters. The van der Waals surface area contributed by atoms with Crippen LogP contribution in [0, 0.1) is 12.8 Å². The minimum atomic E-state index is -0.336. The van der Waals surface area contributed by atoms with Crippen LogP contribution in [0.2, 0.25) is 5.02 Å². The quantitative estimate of drug-likeness (QED) is 0.896. The lowest BCUT2D eigenvalue weighted by Gasteiger charge is -2.23. The molecule has 1 heterocycles. The summed E-state index contributed by atoms with van der Waals surface area (Å²) in [6.07, 6.45) is 1.13. The van der Waals surface area contributed by atoms with Crippen molar-refractivity contribution in [3.05, 3.63) is 22.7 Å². The molecule has 1 aliphatic rings. The Hall–Kier alpha value is -1.75. The van der Waals surface area contributed by atoms with Gasteiger partial charge in [-0.25, -0.2) is 0 Å². The first-order chi connectivity index (χ1) is 10.9. The van der Waals surface area contributed by atoms with Gasteiger partial charge in [0.15, 0.2) is 0 Å². The molecule has 23 heavy (non-hydrogen) atoms. The number of carbonyl (C=O) groups is 2. The molecule has 5 nitrogen and oxygen atoms in total. The molecule has 0 bridgehead atoms. The molecule has 0 aliphatic carbocycles. The van der Waals surface area contributed by atoms with Crippen LogP contribution in [0.25, 0.3) is 0 Å². The Bertz CT molecular complexity index is 618. The van der Waals surface area contributed by atoms with Gasteiger partial charge in [0.25, 0.3) is 0 Å². The zero-order valence-electron chi connectivity index (χ0n) is 14.0. The highest BCUT2D eigenvalue weighted by atomic mass is 35.5. The van der Waals surface area contributed by atoms with Crippen LogP contribution in [-0.4, -0.2) is 36.4 Å². The fourth-order valence-electron chi connectivity index (χ4n) is 2.72. The largest absolute Gasteiger partial charge is 0.495 e. The van der Waals surface area contributed by atoms with Gasteiger partial charge in [0.2, 0.25) is 11.8 Å². The van der Waals surface area contributed by atoms with Crippen molar-refractivity contribution >= 4 is 29.1 Å². The second-order valence-electron chi connectivity index (χ2n) is 6.00. The van der Waals surface area contributed by atoms with Gasteiger partial charge in [-0.05, 0) is 31.9 Å². The third kappa shape index (κ3) is 3.78. The van der Waals surface area contributed by atoms with Crippen molar-refractivity contribution in [3.63, 3.8) is 0 Å². The molecular formula is C17H23ClN2O3. The van der Waals surface area contributed by atoms with Gasteiger partial charge in [0, 0.05) is 30.1 Å². The number of amides is 2. The normalized spacial score (nSPS) is 18.9. The van der Waals surface area contributed by atoms with E-state index in [2.05, 4.69) is 5.32 Å². The molecule has 1 fully saturated rings. The van der Waals surface area contributed by atoms with Crippen molar-refractivity contribution in [1.29, 1.82) is 0 Å². The lowest BCUT2D eigenvalue weighted by atomic mass is 10.1. The number of hydrogen-bond acceptors (Lipinski definition) is 3. The molecule has 126 valence electrons. The molecule has 6 heteroatoms. The molecule has 1 N–H and O–H groups in total. The van der Waals surface area contributed by atoms with Crippen LogP contribution in [0.5, 0.6) is 5.75 Å². The van der Waals surface area contributed by atoms with Gasteiger partial charge in [0.05, 0.1) is 18.7 Å². The van der Waals surface area contributed by atoms with E-state index in [0.717, 1.165) is 12.0 Å². The van der Waals surface area contributed by atoms with Crippen LogP contribution in [0.3, 0.4) is 0 Å². The van der Waals surface area contributed by atoms with Gasteiger partial charge in [-0.2, -0.15) is 0 Å². The number of rotatable bonds is 5. The molecule has 1 aromatic carbocycles. The molecule has 1 aromatic rings. The van der Waals surface area contributed by atoms with Crippen LogP contribution in [0.1, 0.15) is 32.3 Å². The third-order valence-electron chi connectivity index (χ3n) is 4.39. The average molecular weight is 339 g/mol. The maximum atomic E-state index is 12.5. The summed E-state index contributed by atoms with van der Waals surface area (Å²) >= 11 is 6.07. The highest BCUT2D eigenvalue weighted by Gasteiger charge is 2.36. The van der Waals surface area contributed by atoms with Crippen LogP contribution < -0.4 is 10.1 Å². The van der Waals surface area contributed by atoms with E-state index < -0.39 is 0 Å².